The maximum Gasteiger partial charge on any atom is 0.136 e. The maximum absolute atomic E-state index is 6.25. The second-order valence-electron chi connectivity index (χ2n) is 12.5. The fourth-order valence-electron chi connectivity index (χ4n) is 7.48. The standard InChI is InChI=1S/C46H29NO/c1-2-9-30(10-3-1)31-19-23-35(24-20-31)47(44-15-8-14-38-37-12-5-4-11-32(37)22-26-39(38)44)36-25-21-33-17-18-34-27-46-43(29-42(34)41(33)28-36)40-13-6-7-16-45(40)48-46/h1-29H. The van der Waals surface area contributed by atoms with Gasteiger partial charge in [-0.05, 0) is 97.4 Å². The number of hydrogen-bond donors (Lipinski definition) is 0. The van der Waals surface area contributed by atoms with Crippen LogP contribution in [0.3, 0.4) is 0 Å². The van der Waals surface area contributed by atoms with Crippen LogP contribution in [0, 0.1) is 0 Å². The molecule has 1 heterocycles. The van der Waals surface area contributed by atoms with Gasteiger partial charge in [0.05, 0.1) is 5.69 Å². The minimum atomic E-state index is 0.918. The fourth-order valence-corrected chi connectivity index (χ4v) is 7.48. The number of nitrogens with zero attached hydrogens (tertiary/aromatic N) is 1. The summed E-state index contributed by atoms with van der Waals surface area (Å²) in [6.07, 6.45) is 0. The Balaban J connectivity index is 1.22. The lowest BCUT2D eigenvalue weighted by atomic mass is 9.97. The van der Waals surface area contributed by atoms with E-state index < -0.39 is 0 Å². The smallest absolute Gasteiger partial charge is 0.136 e. The molecule has 2 heteroatoms. The number of furan rings is 1. The van der Waals surface area contributed by atoms with Gasteiger partial charge in [-0.2, -0.15) is 0 Å². The van der Waals surface area contributed by atoms with Crippen LogP contribution in [0.2, 0.25) is 0 Å². The van der Waals surface area contributed by atoms with Gasteiger partial charge in [-0.3, -0.25) is 0 Å². The summed E-state index contributed by atoms with van der Waals surface area (Å²) < 4.78 is 6.25. The van der Waals surface area contributed by atoms with E-state index in [0.29, 0.717) is 0 Å². The zero-order valence-corrected chi connectivity index (χ0v) is 26.1. The maximum atomic E-state index is 6.25. The predicted octanol–water partition coefficient (Wildman–Crippen LogP) is 13.3. The first-order chi connectivity index (χ1) is 23.8. The molecule has 0 aliphatic rings. The summed E-state index contributed by atoms with van der Waals surface area (Å²) in [4.78, 5) is 2.41. The average molecular weight is 612 g/mol. The molecule has 0 aliphatic carbocycles. The van der Waals surface area contributed by atoms with Crippen LogP contribution < -0.4 is 4.90 Å². The summed E-state index contributed by atoms with van der Waals surface area (Å²) in [5.41, 5.74) is 7.61. The van der Waals surface area contributed by atoms with Gasteiger partial charge in [-0.15, -0.1) is 0 Å². The van der Waals surface area contributed by atoms with Crippen molar-refractivity contribution < 1.29 is 4.42 Å². The molecule has 0 aliphatic heterocycles. The SMILES string of the molecule is c1ccc(-c2ccc(N(c3ccc4ccc5cc6oc7ccccc7c6cc5c4c3)c3cccc4c3ccc3ccccc34)cc2)cc1. The van der Waals surface area contributed by atoms with Gasteiger partial charge in [0.15, 0.2) is 0 Å². The summed E-state index contributed by atoms with van der Waals surface area (Å²) in [5, 5.41) is 12.1. The Morgan fingerprint density at radius 1 is 0.312 bits per heavy atom. The number of fused-ring (bicyclic) bond motifs is 9. The highest BCUT2D eigenvalue weighted by atomic mass is 16.3. The molecule has 0 saturated carbocycles. The van der Waals surface area contributed by atoms with E-state index in [4.69, 9.17) is 4.42 Å². The Hall–Kier alpha value is -6.38. The molecule has 1 aromatic heterocycles. The molecule has 0 N–H and O–H groups in total. The molecule has 0 radical (unpaired) electrons. The highest BCUT2D eigenvalue weighted by Gasteiger charge is 2.18. The van der Waals surface area contributed by atoms with Crippen molar-refractivity contribution in [3.05, 3.63) is 176 Å². The highest BCUT2D eigenvalue weighted by molar-refractivity contribution is 6.17. The molecule has 2 nitrogen and oxygen atoms in total. The Bertz CT molecular complexity index is 2830. The normalized spacial score (nSPS) is 11.8. The Morgan fingerprint density at radius 3 is 1.85 bits per heavy atom. The van der Waals surface area contributed by atoms with E-state index >= 15 is 0 Å². The molecular formula is C46H29NO. The van der Waals surface area contributed by atoms with Gasteiger partial charge in [0.2, 0.25) is 0 Å². The van der Waals surface area contributed by atoms with Crippen LogP contribution in [-0.2, 0) is 0 Å². The lowest BCUT2D eigenvalue weighted by Crippen LogP contribution is -2.10. The number of benzene rings is 9. The lowest BCUT2D eigenvalue weighted by molar-refractivity contribution is 0.669. The number of hydrogen-bond acceptors (Lipinski definition) is 2. The van der Waals surface area contributed by atoms with Crippen molar-refractivity contribution in [2.24, 2.45) is 0 Å². The minimum Gasteiger partial charge on any atom is -0.456 e. The van der Waals surface area contributed by atoms with Gasteiger partial charge in [0.1, 0.15) is 11.2 Å². The van der Waals surface area contributed by atoms with Gasteiger partial charge in [-0.25, -0.2) is 0 Å². The van der Waals surface area contributed by atoms with E-state index in [1.54, 1.807) is 0 Å². The largest absolute Gasteiger partial charge is 0.456 e. The molecule has 0 atom stereocenters. The summed E-state index contributed by atoms with van der Waals surface area (Å²) in [6.45, 7) is 0. The van der Waals surface area contributed by atoms with Gasteiger partial charge >= 0.3 is 0 Å². The van der Waals surface area contributed by atoms with Gasteiger partial charge in [0, 0.05) is 27.5 Å². The Morgan fingerprint density at radius 2 is 0.958 bits per heavy atom. The second kappa shape index (κ2) is 10.6. The van der Waals surface area contributed by atoms with Gasteiger partial charge in [0.25, 0.3) is 0 Å². The van der Waals surface area contributed by atoms with E-state index in [1.807, 2.05) is 12.1 Å². The van der Waals surface area contributed by atoms with Crippen LogP contribution in [0.15, 0.2) is 180 Å². The monoisotopic (exact) mass is 611 g/mol. The molecular weight excluding hydrogens is 583 g/mol. The zero-order valence-electron chi connectivity index (χ0n) is 26.1. The van der Waals surface area contributed by atoms with Crippen molar-refractivity contribution in [1.82, 2.24) is 0 Å². The summed E-state index contributed by atoms with van der Waals surface area (Å²) in [6, 6.07) is 63.5. The molecule has 48 heavy (non-hydrogen) atoms. The topological polar surface area (TPSA) is 16.4 Å². The van der Waals surface area contributed by atoms with E-state index in [1.165, 1.54) is 54.2 Å². The molecule has 0 spiro atoms. The third-order valence-electron chi connectivity index (χ3n) is 9.81. The van der Waals surface area contributed by atoms with Crippen molar-refractivity contribution in [3.8, 4) is 11.1 Å². The van der Waals surface area contributed by atoms with E-state index in [0.717, 1.165) is 39.0 Å². The number of anilines is 3. The molecule has 0 amide bonds. The van der Waals surface area contributed by atoms with Crippen molar-refractivity contribution in [1.29, 1.82) is 0 Å². The number of rotatable bonds is 4. The highest BCUT2D eigenvalue weighted by Crippen LogP contribution is 2.43. The zero-order chi connectivity index (χ0) is 31.6. The predicted molar refractivity (Wildman–Crippen MR) is 204 cm³/mol. The van der Waals surface area contributed by atoms with Gasteiger partial charge < -0.3 is 9.32 Å². The third-order valence-corrected chi connectivity index (χ3v) is 9.81. The minimum absolute atomic E-state index is 0.918. The number of para-hydroxylation sites is 1. The van der Waals surface area contributed by atoms with E-state index in [-0.39, 0.29) is 0 Å². The Labute approximate surface area is 277 Å². The van der Waals surface area contributed by atoms with E-state index in [2.05, 4.69) is 169 Å². The first-order valence-corrected chi connectivity index (χ1v) is 16.4. The molecule has 10 aromatic rings. The fraction of sp³-hybridized carbons (Fsp3) is 0. The molecule has 0 bridgehead atoms. The van der Waals surface area contributed by atoms with Crippen LogP contribution in [-0.4, -0.2) is 0 Å². The van der Waals surface area contributed by atoms with Crippen LogP contribution in [0.1, 0.15) is 0 Å². The van der Waals surface area contributed by atoms with Crippen molar-refractivity contribution in [2.45, 2.75) is 0 Å². The van der Waals surface area contributed by atoms with Crippen LogP contribution >= 0.6 is 0 Å². The molecule has 9 aromatic carbocycles. The lowest BCUT2D eigenvalue weighted by Gasteiger charge is -2.28. The molecule has 0 unspecified atom stereocenters. The Kier molecular flexibility index (Phi) is 5.91. The van der Waals surface area contributed by atoms with Crippen LogP contribution in [0.5, 0.6) is 0 Å². The van der Waals surface area contributed by atoms with Crippen molar-refractivity contribution in [2.75, 3.05) is 4.90 Å². The quantitative estimate of drug-likeness (QED) is 0.184. The second-order valence-corrected chi connectivity index (χ2v) is 12.5. The average Bonchev–Trinajstić information content (AvgIpc) is 3.52. The molecule has 10 rings (SSSR count). The van der Waals surface area contributed by atoms with Crippen LogP contribution in [0.25, 0.3) is 76.2 Å². The van der Waals surface area contributed by atoms with Gasteiger partial charge in [-0.1, -0.05) is 127 Å². The first kappa shape index (κ1) is 26.8. The van der Waals surface area contributed by atoms with Crippen molar-refractivity contribution >= 4 is 82.1 Å². The third kappa shape index (κ3) is 4.20. The molecule has 0 fully saturated rings. The van der Waals surface area contributed by atoms with Crippen LogP contribution in [0.4, 0.5) is 17.1 Å². The summed E-state index contributed by atoms with van der Waals surface area (Å²) >= 11 is 0. The molecule has 224 valence electrons. The molecule has 0 saturated heterocycles. The first-order valence-electron chi connectivity index (χ1n) is 16.4. The van der Waals surface area contributed by atoms with E-state index in [9.17, 15) is 0 Å². The summed E-state index contributed by atoms with van der Waals surface area (Å²) in [7, 11) is 0. The van der Waals surface area contributed by atoms with Crippen molar-refractivity contribution in [3.63, 3.8) is 0 Å². The summed E-state index contributed by atoms with van der Waals surface area (Å²) in [5.74, 6) is 0.